The molecule has 0 spiro atoms. The molecule has 0 unspecified atom stereocenters. The standard InChI is InChI=1S/C9H6IN3O2/c10-7-5-11-12-9(7)6-3-1-2-4-8(6)13(14)15/h1-5H,(H,11,12). The van der Waals surface area contributed by atoms with Gasteiger partial charge in [0.1, 0.15) is 0 Å². The highest BCUT2D eigenvalue weighted by Crippen LogP contribution is 2.30. The highest BCUT2D eigenvalue weighted by atomic mass is 127. The third-order valence-corrected chi connectivity index (χ3v) is 2.78. The molecule has 15 heavy (non-hydrogen) atoms. The number of nitro groups is 1. The van der Waals surface area contributed by atoms with Gasteiger partial charge >= 0.3 is 0 Å². The average molecular weight is 315 g/mol. The Morgan fingerprint density at radius 1 is 1.40 bits per heavy atom. The smallest absolute Gasteiger partial charge is 0.276 e. The summed E-state index contributed by atoms with van der Waals surface area (Å²) < 4.78 is 0.863. The molecule has 6 heteroatoms. The van der Waals surface area contributed by atoms with Crippen LogP contribution < -0.4 is 0 Å². The average Bonchev–Trinajstić information content (AvgIpc) is 2.64. The molecule has 1 heterocycles. The number of hydrogen-bond acceptors (Lipinski definition) is 3. The van der Waals surface area contributed by atoms with E-state index in [1.165, 1.54) is 6.07 Å². The van der Waals surface area contributed by atoms with Crippen LogP contribution in [-0.2, 0) is 0 Å². The maximum absolute atomic E-state index is 10.8. The van der Waals surface area contributed by atoms with Gasteiger partial charge in [-0.25, -0.2) is 0 Å². The van der Waals surface area contributed by atoms with Crippen molar-refractivity contribution < 1.29 is 4.92 Å². The fourth-order valence-electron chi connectivity index (χ4n) is 1.30. The molecule has 0 radical (unpaired) electrons. The van der Waals surface area contributed by atoms with Crippen LogP contribution in [0.1, 0.15) is 0 Å². The fourth-order valence-corrected chi connectivity index (χ4v) is 1.85. The molecule has 0 saturated heterocycles. The van der Waals surface area contributed by atoms with Crippen LogP contribution in [0.5, 0.6) is 0 Å². The van der Waals surface area contributed by atoms with Gasteiger partial charge in [-0.2, -0.15) is 5.10 Å². The Hall–Kier alpha value is -1.44. The lowest BCUT2D eigenvalue weighted by Crippen LogP contribution is -1.92. The van der Waals surface area contributed by atoms with Crippen LogP contribution in [0.2, 0.25) is 0 Å². The van der Waals surface area contributed by atoms with Crippen molar-refractivity contribution in [3.63, 3.8) is 0 Å². The summed E-state index contributed by atoms with van der Waals surface area (Å²) in [6.07, 6.45) is 1.63. The lowest BCUT2D eigenvalue weighted by Gasteiger charge is -1.99. The number of halogens is 1. The van der Waals surface area contributed by atoms with Crippen molar-refractivity contribution in [3.8, 4) is 11.3 Å². The summed E-state index contributed by atoms with van der Waals surface area (Å²) in [7, 11) is 0. The van der Waals surface area contributed by atoms with Crippen molar-refractivity contribution in [3.05, 3.63) is 44.1 Å². The van der Waals surface area contributed by atoms with E-state index in [4.69, 9.17) is 0 Å². The van der Waals surface area contributed by atoms with Gasteiger partial charge in [-0.05, 0) is 28.7 Å². The number of para-hydroxylation sites is 1. The van der Waals surface area contributed by atoms with E-state index >= 15 is 0 Å². The van der Waals surface area contributed by atoms with Gasteiger partial charge in [-0.15, -0.1) is 0 Å². The molecular weight excluding hydrogens is 309 g/mol. The van der Waals surface area contributed by atoms with Crippen LogP contribution in [0.25, 0.3) is 11.3 Å². The molecule has 0 aliphatic carbocycles. The maximum Gasteiger partial charge on any atom is 0.278 e. The molecule has 0 atom stereocenters. The Labute approximate surface area is 98.8 Å². The summed E-state index contributed by atoms with van der Waals surface area (Å²) in [6, 6.07) is 6.59. The van der Waals surface area contributed by atoms with Gasteiger partial charge in [0.25, 0.3) is 5.69 Å². The monoisotopic (exact) mass is 315 g/mol. The summed E-state index contributed by atoms with van der Waals surface area (Å²) in [5.74, 6) is 0. The molecule has 0 fully saturated rings. The van der Waals surface area contributed by atoms with E-state index < -0.39 is 4.92 Å². The summed E-state index contributed by atoms with van der Waals surface area (Å²) in [5.41, 5.74) is 1.33. The fraction of sp³-hybridized carbons (Fsp3) is 0. The van der Waals surface area contributed by atoms with E-state index in [0.717, 1.165) is 3.57 Å². The molecule has 1 aromatic heterocycles. The zero-order chi connectivity index (χ0) is 10.8. The molecular formula is C9H6IN3O2. The van der Waals surface area contributed by atoms with Crippen molar-refractivity contribution in [2.75, 3.05) is 0 Å². The van der Waals surface area contributed by atoms with E-state index in [1.54, 1.807) is 24.4 Å². The predicted molar refractivity (Wildman–Crippen MR) is 63.4 cm³/mol. The third kappa shape index (κ3) is 1.84. The number of nitrogens with zero attached hydrogens (tertiary/aromatic N) is 2. The summed E-state index contributed by atoms with van der Waals surface area (Å²) >= 11 is 2.08. The number of nitro benzene ring substituents is 1. The van der Waals surface area contributed by atoms with E-state index in [-0.39, 0.29) is 5.69 Å². The molecule has 0 aliphatic heterocycles. The van der Waals surface area contributed by atoms with Crippen molar-refractivity contribution in [2.24, 2.45) is 0 Å². The van der Waals surface area contributed by atoms with E-state index in [0.29, 0.717) is 11.3 Å². The largest absolute Gasteiger partial charge is 0.278 e. The Kier molecular flexibility index (Phi) is 2.67. The first-order chi connectivity index (χ1) is 7.20. The molecule has 0 aliphatic rings. The second-order valence-electron chi connectivity index (χ2n) is 2.87. The highest BCUT2D eigenvalue weighted by Gasteiger charge is 2.17. The maximum atomic E-state index is 10.8. The first kappa shape index (κ1) is 10.1. The van der Waals surface area contributed by atoms with E-state index in [1.807, 2.05) is 0 Å². The lowest BCUT2D eigenvalue weighted by atomic mass is 10.1. The van der Waals surface area contributed by atoms with Crippen LogP contribution >= 0.6 is 22.6 Å². The zero-order valence-corrected chi connectivity index (χ0v) is 9.63. The van der Waals surface area contributed by atoms with Crippen molar-refractivity contribution in [1.29, 1.82) is 0 Å². The van der Waals surface area contributed by atoms with Crippen LogP contribution in [0.4, 0.5) is 5.69 Å². The van der Waals surface area contributed by atoms with Crippen LogP contribution in [0.15, 0.2) is 30.5 Å². The molecule has 2 rings (SSSR count). The predicted octanol–water partition coefficient (Wildman–Crippen LogP) is 2.59. The van der Waals surface area contributed by atoms with Gasteiger partial charge in [-0.3, -0.25) is 15.2 Å². The number of nitrogens with one attached hydrogen (secondary N) is 1. The molecule has 0 bridgehead atoms. The van der Waals surface area contributed by atoms with Crippen molar-refractivity contribution >= 4 is 28.3 Å². The van der Waals surface area contributed by atoms with Gasteiger partial charge in [0, 0.05) is 6.07 Å². The first-order valence-electron chi connectivity index (χ1n) is 4.13. The van der Waals surface area contributed by atoms with Gasteiger partial charge in [0.15, 0.2) is 0 Å². The minimum absolute atomic E-state index is 0.0830. The summed E-state index contributed by atoms with van der Waals surface area (Å²) in [6.45, 7) is 0. The second kappa shape index (κ2) is 3.97. The highest BCUT2D eigenvalue weighted by molar-refractivity contribution is 14.1. The first-order valence-corrected chi connectivity index (χ1v) is 5.20. The number of rotatable bonds is 2. The minimum atomic E-state index is -0.397. The summed E-state index contributed by atoms with van der Waals surface area (Å²) in [5, 5.41) is 17.4. The molecule has 2 aromatic rings. The zero-order valence-electron chi connectivity index (χ0n) is 7.48. The van der Waals surface area contributed by atoms with Gasteiger partial charge in [0.05, 0.1) is 25.9 Å². The Morgan fingerprint density at radius 2 is 2.13 bits per heavy atom. The van der Waals surface area contributed by atoms with Gasteiger partial charge in [-0.1, -0.05) is 12.1 Å². The number of hydrogen-bond donors (Lipinski definition) is 1. The van der Waals surface area contributed by atoms with Crippen LogP contribution in [0.3, 0.4) is 0 Å². The molecule has 5 nitrogen and oxygen atoms in total. The van der Waals surface area contributed by atoms with Crippen molar-refractivity contribution in [2.45, 2.75) is 0 Å². The number of benzene rings is 1. The van der Waals surface area contributed by atoms with E-state index in [2.05, 4.69) is 32.8 Å². The molecule has 0 saturated carbocycles. The van der Waals surface area contributed by atoms with Crippen molar-refractivity contribution in [1.82, 2.24) is 10.2 Å². The number of aromatic nitrogens is 2. The molecule has 0 amide bonds. The lowest BCUT2D eigenvalue weighted by molar-refractivity contribution is -0.384. The van der Waals surface area contributed by atoms with Crippen LogP contribution in [0, 0.1) is 13.7 Å². The number of H-pyrrole nitrogens is 1. The molecule has 1 N–H and O–H groups in total. The topological polar surface area (TPSA) is 71.8 Å². The Balaban J connectivity index is 2.63. The van der Waals surface area contributed by atoms with E-state index in [9.17, 15) is 10.1 Å². The Morgan fingerprint density at radius 3 is 2.73 bits per heavy atom. The number of aromatic amines is 1. The molecule has 1 aromatic carbocycles. The van der Waals surface area contributed by atoms with Gasteiger partial charge in [0.2, 0.25) is 0 Å². The second-order valence-corrected chi connectivity index (χ2v) is 4.03. The quantitative estimate of drug-likeness (QED) is 0.526. The summed E-state index contributed by atoms with van der Waals surface area (Å²) in [4.78, 5) is 10.4. The van der Waals surface area contributed by atoms with Crippen LogP contribution in [-0.4, -0.2) is 15.1 Å². The minimum Gasteiger partial charge on any atom is -0.276 e. The normalized spacial score (nSPS) is 10.2. The Bertz CT molecular complexity index is 510. The molecule has 76 valence electrons. The third-order valence-electron chi connectivity index (χ3n) is 1.96. The van der Waals surface area contributed by atoms with Gasteiger partial charge < -0.3 is 0 Å². The SMILES string of the molecule is O=[N+]([O-])c1ccccc1-c1[nH]ncc1I.